The number of piperazine rings is 1. The van der Waals surface area contributed by atoms with Crippen molar-refractivity contribution in [1.29, 1.82) is 0 Å². The lowest BCUT2D eigenvalue weighted by molar-refractivity contribution is 0.185. The van der Waals surface area contributed by atoms with Crippen molar-refractivity contribution in [2.24, 2.45) is 0 Å². The first kappa shape index (κ1) is 20.8. The molecule has 0 radical (unpaired) electrons. The van der Waals surface area contributed by atoms with Crippen LogP contribution in [-0.2, 0) is 21.4 Å². The van der Waals surface area contributed by atoms with E-state index in [9.17, 15) is 12.8 Å². The van der Waals surface area contributed by atoms with Gasteiger partial charge in [-0.3, -0.25) is 0 Å². The third kappa shape index (κ3) is 4.42. The van der Waals surface area contributed by atoms with Gasteiger partial charge in [0.1, 0.15) is 5.82 Å². The van der Waals surface area contributed by atoms with Crippen LogP contribution in [0.1, 0.15) is 17.2 Å². The normalized spacial score (nSPS) is 18.3. The van der Waals surface area contributed by atoms with E-state index in [1.165, 1.54) is 16.4 Å². The van der Waals surface area contributed by atoms with Gasteiger partial charge in [0.25, 0.3) is 0 Å². The number of sulfonamides is 1. The first-order chi connectivity index (χ1) is 12.0. The van der Waals surface area contributed by atoms with Crippen molar-refractivity contribution in [3.05, 3.63) is 65.5 Å². The zero-order valence-electron chi connectivity index (χ0n) is 14.4. The summed E-state index contributed by atoms with van der Waals surface area (Å²) in [6.45, 7) is 1.78. The minimum atomic E-state index is -3.67. The van der Waals surface area contributed by atoms with E-state index in [0.29, 0.717) is 31.8 Å². The fourth-order valence-electron chi connectivity index (χ4n) is 3.03. The molecule has 1 heterocycles. The molecule has 2 aromatic rings. The van der Waals surface area contributed by atoms with Gasteiger partial charge in [-0.05, 0) is 35.4 Å². The van der Waals surface area contributed by atoms with Crippen LogP contribution >= 0.6 is 12.4 Å². The van der Waals surface area contributed by atoms with Gasteiger partial charge in [0, 0.05) is 26.7 Å². The Morgan fingerprint density at radius 2 is 1.96 bits per heavy atom. The standard InChI is InChI=1S/C18H21FN2O3S.ClH/c1-24-13-14-5-7-17(8-6-14)25(22,23)21-10-9-20-12-18(21)15-3-2-4-16(19)11-15;/h2-8,11,18,20H,9-10,12-13H2,1H3;1H. The maximum absolute atomic E-state index is 13.6. The Morgan fingerprint density at radius 3 is 2.62 bits per heavy atom. The molecule has 0 amide bonds. The molecule has 1 aliphatic rings. The molecule has 142 valence electrons. The average Bonchev–Trinajstić information content (AvgIpc) is 2.62. The van der Waals surface area contributed by atoms with Gasteiger partial charge in [0.2, 0.25) is 10.0 Å². The number of halogens is 2. The third-order valence-corrected chi connectivity index (χ3v) is 6.19. The Bertz CT molecular complexity index is 831. The molecule has 2 aromatic carbocycles. The maximum atomic E-state index is 13.6. The number of benzene rings is 2. The van der Waals surface area contributed by atoms with Crippen LogP contribution in [0.4, 0.5) is 4.39 Å². The van der Waals surface area contributed by atoms with E-state index in [1.54, 1.807) is 43.5 Å². The van der Waals surface area contributed by atoms with E-state index >= 15 is 0 Å². The van der Waals surface area contributed by atoms with Crippen molar-refractivity contribution in [1.82, 2.24) is 9.62 Å². The second kappa shape index (κ2) is 8.92. The summed E-state index contributed by atoms with van der Waals surface area (Å²) in [5.41, 5.74) is 1.55. The summed E-state index contributed by atoms with van der Waals surface area (Å²) in [7, 11) is -2.08. The monoisotopic (exact) mass is 400 g/mol. The predicted molar refractivity (Wildman–Crippen MR) is 100 cm³/mol. The van der Waals surface area contributed by atoms with Gasteiger partial charge < -0.3 is 10.1 Å². The van der Waals surface area contributed by atoms with Gasteiger partial charge >= 0.3 is 0 Å². The first-order valence-corrected chi connectivity index (χ1v) is 9.52. The van der Waals surface area contributed by atoms with Crippen molar-refractivity contribution in [2.45, 2.75) is 17.5 Å². The fraction of sp³-hybridized carbons (Fsp3) is 0.333. The number of methoxy groups -OCH3 is 1. The van der Waals surface area contributed by atoms with Gasteiger partial charge in [0.05, 0.1) is 17.5 Å². The molecule has 1 fully saturated rings. The van der Waals surface area contributed by atoms with Gasteiger partial charge in [-0.2, -0.15) is 4.31 Å². The molecule has 1 aliphatic heterocycles. The summed E-state index contributed by atoms with van der Waals surface area (Å²) >= 11 is 0. The van der Waals surface area contributed by atoms with E-state index in [0.717, 1.165) is 5.56 Å². The highest BCUT2D eigenvalue weighted by atomic mass is 35.5. The number of nitrogens with zero attached hydrogens (tertiary/aromatic N) is 1. The minimum Gasteiger partial charge on any atom is -0.380 e. The Hall–Kier alpha value is -1.51. The van der Waals surface area contributed by atoms with Crippen molar-refractivity contribution in [3.63, 3.8) is 0 Å². The number of hydrogen-bond donors (Lipinski definition) is 1. The topological polar surface area (TPSA) is 58.6 Å². The van der Waals surface area contributed by atoms with Crippen LogP contribution in [0.3, 0.4) is 0 Å². The molecule has 0 bridgehead atoms. The van der Waals surface area contributed by atoms with Crippen LogP contribution in [0, 0.1) is 5.82 Å². The first-order valence-electron chi connectivity index (χ1n) is 8.08. The van der Waals surface area contributed by atoms with Gasteiger partial charge in [0.15, 0.2) is 0 Å². The van der Waals surface area contributed by atoms with Gasteiger partial charge in [-0.25, -0.2) is 12.8 Å². The maximum Gasteiger partial charge on any atom is 0.243 e. The van der Waals surface area contributed by atoms with E-state index in [1.807, 2.05) is 0 Å². The second-order valence-electron chi connectivity index (χ2n) is 5.97. The summed E-state index contributed by atoms with van der Waals surface area (Å²) in [5, 5.41) is 3.19. The summed E-state index contributed by atoms with van der Waals surface area (Å²) in [6.07, 6.45) is 0. The van der Waals surface area contributed by atoms with Gasteiger partial charge in [-0.15, -0.1) is 12.4 Å². The van der Waals surface area contributed by atoms with Crippen LogP contribution in [0.5, 0.6) is 0 Å². The summed E-state index contributed by atoms with van der Waals surface area (Å²) < 4.78 is 46.3. The molecule has 1 atom stereocenters. The van der Waals surface area contributed by atoms with Crippen LogP contribution in [0.25, 0.3) is 0 Å². The molecular weight excluding hydrogens is 379 g/mol. The largest absolute Gasteiger partial charge is 0.380 e. The predicted octanol–water partition coefficient (Wildman–Crippen LogP) is 2.73. The molecule has 1 unspecified atom stereocenters. The molecule has 1 saturated heterocycles. The average molecular weight is 401 g/mol. The molecule has 3 rings (SSSR count). The van der Waals surface area contributed by atoms with Crippen LogP contribution in [-0.4, -0.2) is 39.5 Å². The van der Waals surface area contributed by atoms with E-state index in [-0.39, 0.29) is 23.1 Å². The van der Waals surface area contributed by atoms with E-state index in [2.05, 4.69) is 5.32 Å². The molecule has 0 aliphatic carbocycles. The minimum absolute atomic E-state index is 0. The van der Waals surface area contributed by atoms with Crippen LogP contribution in [0.15, 0.2) is 53.4 Å². The quantitative estimate of drug-likeness (QED) is 0.838. The lowest BCUT2D eigenvalue weighted by Gasteiger charge is -2.35. The number of hydrogen-bond acceptors (Lipinski definition) is 4. The van der Waals surface area contributed by atoms with E-state index < -0.39 is 16.1 Å². The fourth-order valence-corrected chi connectivity index (χ4v) is 4.64. The molecule has 26 heavy (non-hydrogen) atoms. The Balaban J connectivity index is 0.00000243. The Morgan fingerprint density at radius 1 is 1.23 bits per heavy atom. The van der Waals surface area contributed by atoms with Gasteiger partial charge in [-0.1, -0.05) is 24.3 Å². The van der Waals surface area contributed by atoms with Crippen molar-refractivity contribution >= 4 is 22.4 Å². The van der Waals surface area contributed by atoms with Crippen molar-refractivity contribution in [2.75, 3.05) is 26.7 Å². The lowest BCUT2D eigenvalue weighted by Crippen LogP contribution is -2.48. The SMILES string of the molecule is COCc1ccc(S(=O)(=O)N2CCNCC2c2cccc(F)c2)cc1.Cl. The van der Waals surface area contributed by atoms with Crippen molar-refractivity contribution < 1.29 is 17.5 Å². The third-order valence-electron chi connectivity index (χ3n) is 4.27. The summed E-state index contributed by atoms with van der Waals surface area (Å²) in [5.74, 6) is -0.371. The highest BCUT2D eigenvalue weighted by Crippen LogP contribution is 2.29. The number of ether oxygens (including phenoxy) is 1. The molecule has 0 saturated carbocycles. The van der Waals surface area contributed by atoms with E-state index in [4.69, 9.17) is 4.74 Å². The molecular formula is C18H22ClFN2O3S. The highest BCUT2D eigenvalue weighted by Gasteiger charge is 2.34. The summed E-state index contributed by atoms with van der Waals surface area (Å²) in [4.78, 5) is 0.232. The van der Waals surface area contributed by atoms with Crippen molar-refractivity contribution in [3.8, 4) is 0 Å². The molecule has 0 aromatic heterocycles. The molecule has 5 nitrogen and oxygen atoms in total. The zero-order valence-corrected chi connectivity index (χ0v) is 16.0. The van der Waals surface area contributed by atoms with Crippen LogP contribution < -0.4 is 5.32 Å². The molecule has 0 spiro atoms. The zero-order chi connectivity index (χ0) is 17.9. The number of nitrogens with one attached hydrogen (secondary N) is 1. The second-order valence-corrected chi connectivity index (χ2v) is 7.86. The lowest BCUT2D eigenvalue weighted by atomic mass is 10.1. The molecule has 1 N–H and O–H groups in total. The summed E-state index contributed by atoms with van der Waals surface area (Å²) in [6, 6.07) is 12.3. The molecule has 8 heteroatoms. The highest BCUT2D eigenvalue weighted by molar-refractivity contribution is 7.89. The smallest absolute Gasteiger partial charge is 0.243 e. The Kier molecular flexibility index (Phi) is 7.14. The number of rotatable bonds is 5. The van der Waals surface area contributed by atoms with Crippen LogP contribution in [0.2, 0.25) is 0 Å². The Labute approximate surface area is 159 Å².